The number of aromatic nitrogens is 2. The lowest BCUT2D eigenvalue weighted by molar-refractivity contribution is 0.590. The first-order chi connectivity index (χ1) is 12.9. The van der Waals surface area contributed by atoms with E-state index in [1.54, 1.807) is 17.7 Å². The van der Waals surface area contributed by atoms with E-state index in [0.29, 0.717) is 0 Å². The van der Waals surface area contributed by atoms with Crippen LogP contribution in [0.2, 0.25) is 0 Å². The van der Waals surface area contributed by atoms with E-state index < -0.39 is 0 Å². The summed E-state index contributed by atoms with van der Waals surface area (Å²) in [6.07, 6.45) is 1.64. The zero-order chi connectivity index (χ0) is 19.0. The van der Waals surface area contributed by atoms with Gasteiger partial charge in [-0.1, -0.05) is 63.2 Å². The Labute approximate surface area is 164 Å². The third kappa shape index (κ3) is 3.45. The van der Waals surface area contributed by atoms with Crippen LogP contribution in [0.3, 0.4) is 0 Å². The van der Waals surface area contributed by atoms with Crippen LogP contribution in [-0.4, -0.2) is 9.97 Å². The maximum absolute atomic E-state index is 4.56. The molecule has 136 valence electrons. The quantitative estimate of drug-likeness (QED) is 0.434. The lowest BCUT2D eigenvalue weighted by Gasteiger charge is -2.19. The van der Waals surface area contributed by atoms with Gasteiger partial charge >= 0.3 is 0 Å². The number of rotatable bonds is 3. The summed E-state index contributed by atoms with van der Waals surface area (Å²) in [6.45, 7) is 8.83. The number of nitrogens with zero attached hydrogens (tertiary/aromatic N) is 2. The summed E-state index contributed by atoms with van der Waals surface area (Å²) in [5.41, 5.74) is 4.90. The van der Waals surface area contributed by atoms with Crippen LogP contribution in [0.4, 0.5) is 11.5 Å². The highest BCUT2D eigenvalue weighted by Crippen LogP contribution is 2.40. The molecule has 3 nitrogen and oxygen atoms in total. The molecule has 0 saturated heterocycles. The van der Waals surface area contributed by atoms with Crippen LogP contribution in [-0.2, 0) is 5.41 Å². The lowest BCUT2D eigenvalue weighted by Crippen LogP contribution is -2.10. The van der Waals surface area contributed by atoms with E-state index in [1.807, 2.05) is 6.07 Å². The minimum atomic E-state index is 0.145. The SMILES string of the molecule is Cc1sc2ncnc(Nc3ccc(C(C)(C)C)cc3)c2c1-c1ccccc1. The minimum Gasteiger partial charge on any atom is -0.340 e. The molecule has 27 heavy (non-hydrogen) atoms. The summed E-state index contributed by atoms with van der Waals surface area (Å²) in [4.78, 5) is 11.3. The van der Waals surface area contributed by atoms with Gasteiger partial charge in [0.2, 0.25) is 0 Å². The Kier molecular flexibility index (Phi) is 4.44. The predicted molar refractivity (Wildman–Crippen MR) is 116 cm³/mol. The summed E-state index contributed by atoms with van der Waals surface area (Å²) in [5, 5.41) is 4.59. The molecule has 0 aliphatic carbocycles. The van der Waals surface area contributed by atoms with Crippen LogP contribution >= 0.6 is 11.3 Å². The summed E-state index contributed by atoms with van der Waals surface area (Å²) in [6, 6.07) is 19.1. The van der Waals surface area contributed by atoms with Gasteiger partial charge in [0, 0.05) is 16.1 Å². The Bertz CT molecular complexity index is 1070. The van der Waals surface area contributed by atoms with Crippen LogP contribution < -0.4 is 5.32 Å². The third-order valence-electron chi connectivity index (χ3n) is 4.74. The summed E-state index contributed by atoms with van der Waals surface area (Å²) >= 11 is 1.71. The molecule has 0 atom stereocenters. The topological polar surface area (TPSA) is 37.8 Å². The van der Waals surface area contributed by atoms with Crippen molar-refractivity contribution in [1.82, 2.24) is 9.97 Å². The molecule has 4 rings (SSSR count). The molecule has 0 aliphatic rings. The smallest absolute Gasteiger partial charge is 0.143 e. The van der Waals surface area contributed by atoms with Crippen molar-refractivity contribution >= 4 is 33.1 Å². The standard InChI is InChI=1S/C23H23N3S/c1-15-19(16-8-6-5-7-9-16)20-21(24-14-25-22(20)27-15)26-18-12-10-17(11-13-18)23(2,3)4/h5-14H,1-4H3,(H,24,25,26). The van der Waals surface area contributed by atoms with Crippen molar-refractivity contribution in [3.8, 4) is 11.1 Å². The van der Waals surface area contributed by atoms with Crippen molar-refractivity contribution in [2.45, 2.75) is 33.1 Å². The number of aryl methyl sites for hydroxylation is 1. The Morgan fingerprint density at radius 2 is 1.59 bits per heavy atom. The molecular weight excluding hydrogens is 350 g/mol. The highest BCUT2D eigenvalue weighted by atomic mass is 32.1. The van der Waals surface area contributed by atoms with Crippen LogP contribution in [0.25, 0.3) is 21.3 Å². The number of anilines is 2. The lowest BCUT2D eigenvalue weighted by atomic mass is 9.87. The Hall–Kier alpha value is -2.72. The van der Waals surface area contributed by atoms with E-state index in [9.17, 15) is 0 Å². The van der Waals surface area contributed by atoms with Crippen molar-refractivity contribution in [1.29, 1.82) is 0 Å². The second kappa shape index (κ2) is 6.78. The summed E-state index contributed by atoms with van der Waals surface area (Å²) in [5.74, 6) is 0.853. The van der Waals surface area contributed by atoms with Crippen LogP contribution in [0.5, 0.6) is 0 Å². The van der Waals surface area contributed by atoms with Crippen molar-refractivity contribution in [3.05, 3.63) is 71.4 Å². The minimum absolute atomic E-state index is 0.145. The van der Waals surface area contributed by atoms with Gasteiger partial charge < -0.3 is 5.32 Å². The zero-order valence-electron chi connectivity index (χ0n) is 16.1. The van der Waals surface area contributed by atoms with Gasteiger partial charge in [0.25, 0.3) is 0 Å². The number of hydrogen-bond acceptors (Lipinski definition) is 4. The van der Waals surface area contributed by atoms with Crippen molar-refractivity contribution in [2.24, 2.45) is 0 Å². The molecule has 0 aliphatic heterocycles. The highest BCUT2D eigenvalue weighted by Gasteiger charge is 2.17. The fourth-order valence-electron chi connectivity index (χ4n) is 3.28. The molecule has 4 heteroatoms. The van der Waals surface area contributed by atoms with E-state index in [1.165, 1.54) is 21.6 Å². The normalized spacial score (nSPS) is 11.7. The van der Waals surface area contributed by atoms with Crippen molar-refractivity contribution < 1.29 is 0 Å². The van der Waals surface area contributed by atoms with Crippen molar-refractivity contribution in [2.75, 3.05) is 5.32 Å². The highest BCUT2D eigenvalue weighted by molar-refractivity contribution is 7.19. The molecule has 1 N–H and O–H groups in total. The van der Waals surface area contributed by atoms with E-state index >= 15 is 0 Å². The fraction of sp³-hybridized carbons (Fsp3) is 0.217. The zero-order valence-corrected chi connectivity index (χ0v) is 16.9. The molecule has 0 fully saturated rings. The van der Waals surface area contributed by atoms with Gasteiger partial charge in [0.05, 0.1) is 5.39 Å². The number of fused-ring (bicyclic) bond motifs is 1. The maximum atomic E-state index is 4.56. The van der Waals surface area contributed by atoms with Gasteiger partial charge in [-0.25, -0.2) is 9.97 Å². The number of hydrogen-bond donors (Lipinski definition) is 1. The number of benzene rings is 2. The fourth-order valence-corrected chi connectivity index (χ4v) is 4.29. The van der Waals surface area contributed by atoms with E-state index in [2.05, 4.69) is 91.5 Å². The summed E-state index contributed by atoms with van der Waals surface area (Å²) in [7, 11) is 0. The van der Waals surface area contributed by atoms with Crippen molar-refractivity contribution in [3.63, 3.8) is 0 Å². The van der Waals surface area contributed by atoms with Gasteiger partial charge in [-0.2, -0.15) is 0 Å². The van der Waals surface area contributed by atoms with Gasteiger partial charge in [0.1, 0.15) is 17.0 Å². The Morgan fingerprint density at radius 3 is 2.26 bits per heavy atom. The molecular formula is C23H23N3S. The second-order valence-electron chi connectivity index (χ2n) is 7.75. The molecule has 0 bridgehead atoms. The first-order valence-electron chi connectivity index (χ1n) is 9.10. The van der Waals surface area contributed by atoms with E-state index in [4.69, 9.17) is 0 Å². The van der Waals surface area contributed by atoms with Gasteiger partial charge in [-0.05, 0) is 35.6 Å². The van der Waals surface area contributed by atoms with Gasteiger partial charge in [-0.15, -0.1) is 11.3 Å². The molecule has 0 unspecified atom stereocenters. The molecule has 2 aromatic carbocycles. The molecule has 0 spiro atoms. The second-order valence-corrected chi connectivity index (χ2v) is 8.96. The number of thiophene rings is 1. The van der Waals surface area contributed by atoms with Crippen LogP contribution in [0.15, 0.2) is 60.9 Å². The molecule has 0 amide bonds. The van der Waals surface area contributed by atoms with Gasteiger partial charge in [-0.3, -0.25) is 0 Å². The van der Waals surface area contributed by atoms with Crippen LogP contribution in [0.1, 0.15) is 31.2 Å². The van der Waals surface area contributed by atoms with Gasteiger partial charge in [0.15, 0.2) is 0 Å². The summed E-state index contributed by atoms with van der Waals surface area (Å²) < 4.78 is 0. The monoisotopic (exact) mass is 373 g/mol. The average molecular weight is 374 g/mol. The maximum Gasteiger partial charge on any atom is 0.143 e. The van der Waals surface area contributed by atoms with Crippen LogP contribution in [0, 0.1) is 6.92 Å². The molecule has 0 radical (unpaired) electrons. The molecule has 0 saturated carbocycles. The predicted octanol–water partition coefficient (Wildman–Crippen LogP) is 6.71. The Balaban J connectivity index is 1.79. The molecule has 2 aromatic heterocycles. The number of nitrogens with one attached hydrogen (secondary N) is 1. The molecule has 4 aromatic rings. The first-order valence-corrected chi connectivity index (χ1v) is 9.92. The first kappa shape index (κ1) is 17.7. The van der Waals surface area contributed by atoms with E-state index in [0.717, 1.165) is 21.7 Å². The average Bonchev–Trinajstić information content (AvgIpc) is 2.99. The van der Waals surface area contributed by atoms with E-state index in [-0.39, 0.29) is 5.41 Å². The largest absolute Gasteiger partial charge is 0.340 e. The molecule has 2 heterocycles. The Morgan fingerprint density at radius 1 is 0.889 bits per heavy atom. The third-order valence-corrected chi connectivity index (χ3v) is 5.75.